The maximum atomic E-state index is 12.2. The van der Waals surface area contributed by atoms with Crippen molar-refractivity contribution in [2.75, 3.05) is 0 Å². The number of hydrogen-bond acceptors (Lipinski definition) is 3. The van der Waals surface area contributed by atoms with E-state index in [0.29, 0.717) is 11.3 Å². The van der Waals surface area contributed by atoms with Crippen LogP contribution in [-0.4, -0.2) is 44.0 Å². The summed E-state index contributed by atoms with van der Waals surface area (Å²) in [5, 5.41) is 20.2. The number of carbonyl (C=O) groups excluding carboxylic acids is 1. The Morgan fingerprint density at radius 3 is 2.70 bits per heavy atom. The molecular weight excluding hydrogens is 300 g/mol. The molecule has 7 heteroatoms. The first kappa shape index (κ1) is 13.8. The second-order valence-corrected chi connectivity index (χ2v) is 6.01. The van der Waals surface area contributed by atoms with Gasteiger partial charge in [0.25, 0.3) is 0 Å². The molecule has 0 bridgehead atoms. The molecule has 2 atom stereocenters. The van der Waals surface area contributed by atoms with Crippen LogP contribution in [0, 0.1) is 0 Å². The lowest BCUT2D eigenvalue weighted by atomic mass is 9.81. The number of nitrogens with zero attached hydrogens (tertiary/aromatic N) is 1. The third kappa shape index (κ3) is 1.56. The smallest absolute Gasteiger partial charge is 0.335 e. The first-order valence-electron chi connectivity index (χ1n) is 7.35. The number of carbonyl (C=O) groups is 3. The Hall–Kier alpha value is -2.83. The van der Waals surface area contributed by atoms with Crippen molar-refractivity contribution in [1.82, 2.24) is 9.88 Å². The quantitative estimate of drug-likeness (QED) is 0.768. The highest BCUT2D eigenvalue weighted by Crippen LogP contribution is 2.48. The highest BCUT2D eigenvalue weighted by molar-refractivity contribution is 5.99. The van der Waals surface area contributed by atoms with E-state index in [0.717, 1.165) is 15.8 Å². The molecule has 3 N–H and O–H groups in total. The van der Waals surface area contributed by atoms with E-state index in [2.05, 4.69) is 4.98 Å². The Labute approximate surface area is 130 Å². The minimum Gasteiger partial charge on any atom is -0.480 e. The number of amides is 1. The summed E-state index contributed by atoms with van der Waals surface area (Å²) in [5.41, 5.74) is 0.256. The van der Waals surface area contributed by atoms with Gasteiger partial charge in [-0.2, -0.15) is 0 Å². The molecule has 1 aromatic heterocycles. The molecule has 2 aliphatic rings. The van der Waals surface area contributed by atoms with E-state index in [-0.39, 0.29) is 19.3 Å². The van der Waals surface area contributed by atoms with Gasteiger partial charge in [0, 0.05) is 23.7 Å². The number of carboxylic acids is 2. The van der Waals surface area contributed by atoms with Gasteiger partial charge >= 0.3 is 11.9 Å². The molecule has 4 rings (SSSR count). The standard InChI is InChI=1S/C16H14N2O5/c19-12-5-6-16(15(22)23)13-9(7-11(14(20)21)18(12)16)8-3-1-2-4-10(8)17-13/h1-4,11,17H,5-7H2,(H,20,21)(H,22,23). The van der Waals surface area contributed by atoms with Crippen molar-refractivity contribution in [2.24, 2.45) is 0 Å². The van der Waals surface area contributed by atoms with Crippen LogP contribution >= 0.6 is 0 Å². The van der Waals surface area contributed by atoms with Gasteiger partial charge in [0.2, 0.25) is 5.91 Å². The number of carboxylic acid groups (broad SMARTS) is 2. The fourth-order valence-corrected chi connectivity index (χ4v) is 3.99. The van der Waals surface area contributed by atoms with Crippen LogP contribution in [0.3, 0.4) is 0 Å². The molecule has 2 aromatic rings. The van der Waals surface area contributed by atoms with Crippen LogP contribution in [0.4, 0.5) is 0 Å². The van der Waals surface area contributed by atoms with Crippen molar-refractivity contribution >= 4 is 28.7 Å². The van der Waals surface area contributed by atoms with Crippen molar-refractivity contribution < 1.29 is 24.6 Å². The summed E-state index contributed by atoms with van der Waals surface area (Å²) in [6, 6.07) is 6.15. The largest absolute Gasteiger partial charge is 0.480 e. The van der Waals surface area contributed by atoms with Crippen LogP contribution < -0.4 is 0 Å². The number of aromatic amines is 1. The lowest BCUT2D eigenvalue weighted by Crippen LogP contribution is -2.60. The second-order valence-electron chi connectivity index (χ2n) is 6.01. The number of aromatic nitrogens is 1. The summed E-state index contributed by atoms with van der Waals surface area (Å²) in [7, 11) is 0. The van der Waals surface area contributed by atoms with Crippen molar-refractivity contribution in [3.63, 3.8) is 0 Å². The van der Waals surface area contributed by atoms with Gasteiger partial charge in [-0.05, 0) is 18.1 Å². The van der Waals surface area contributed by atoms with Crippen LogP contribution in [0.25, 0.3) is 10.9 Å². The lowest BCUT2D eigenvalue weighted by molar-refractivity contribution is -0.165. The number of aliphatic carboxylic acids is 2. The molecule has 1 fully saturated rings. The van der Waals surface area contributed by atoms with Crippen molar-refractivity contribution in [1.29, 1.82) is 0 Å². The predicted molar refractivity (Wildman–Crippen MR) is 78.8 cm³/mol. The first-order chi connectivity index (χ1) is 11.0. The molecule has 2 aliphatic heterocycles. The minimum atomic E-state index is -1.62. The van der Waals surface area contributed by atoms with Gasteiger partial charge in [-0.1, -0.05) is 18.2 Å². The molecular formula is C16H14N2O5. The number of rotatable bonds is 2. The minimum absolute atomic E-state index is 0.0326. The van der Waals surface area contributed by atoms with E-state index in [1.54, 1.807) is 0 Å². The first-order valence-corrected chi connectivity index (χ1v) is 7.35. The summed E-state index contributed by atoms with van der Waals surface area (Å²) in [5.74, 6) is -2.80. The van der Waals surface area contributed by atoms with Crippen LogP contribution in [0.5, 0.6) is 0 Å². The van der Waals surface area contributed by atoms with Gasteiger partial charge in [-0.25, -0.2) is 9.59 Å². The van der Waals surface area contributed by atoms with Gasteiger partial charge in [0.1, 0.15) is 6.04 Å². The highest BCUT2D eigenvalue weighted by Gasteiger charge is 2.61. The summed E-state index contributed by atoms with van der Waals surface area (Å²) < 4.78 is 0. The van der Waals surface area contributed by atoms with Crippen molar-refractivity contribution in [3.8, 4) is 0 Å². The van der Waals surface area contributed by atoms with Gasteiger partial charge < -0.3 is 20.1 Å². The molecule has 1 saturated heterocycles. The average Bonchev–Trinajstić information content (AvgIpc) is 3.06. The Kier molecular flexibility index (Phi) is 2.61. The fraction of sp³-hybridized carbons (Fsp3) is 0.312. The van der Waals surface area contributed by atoms with Gasteiger partial charge in [0.05, 0.1) is 5.69 Å². The normalized spacial score (nSPS) is 26.2. The van der Waals surface area contributed by atoms with E-state index < -0.39 is 29.4 Å². The van der Waals surface area contributed by atoms with Gasteiger partial charge in [-0.3, -0.25) is 4.79 Å². The van der Waals surface area contributed by atoms with Crippen LogP contribution in [-0.2, 0) is 26.3 Å². The summed E-state index contributed by atoms with van der Waals surface area (Å²) in [6.07, 6.45) is 0.213. The van der Waals surface area contributed by atoms with E-state index >= 15 is 0 Å². The average molecular weight is 314 g/mol. The molecule has 1 aromatic carbocycles. The zero-order valence-electron chi connectivity index (χ0n) is 12.1. The predicted octanol–water partition coefficient (Wildman–Crippen LogP) is 1.08. The molecule has 1 amide bonds. The van der Waals surface area contributed by atoms with E-state index in [1.807, 2.05) is 24.3 Å². The van der Waals surface area contributed by atoms with Crippen LogP contribution in [0.1, 0.15) is 24.1 Å². The molecule has 3 heterocycles. The number of hydrogen-bond donors (Lipinski definition) is 3. The molecule has 0 aliphatic carbocycles. The second kappa shape index (κ2) is 4.34. The number of fused-ring (bicyclic) bond motifs is 5. The Balaban J connectivity index is 2.07. The summed E-state index contributed by atoms with van der Waals surface area (Å²) in [6.45, 7) is 0. The van der Waals surface area contributed by atoms with Gasteiger partial charge in [0.15, 0.2) is 5.54 Å². The van der Waals surface area contributed by atoms with Crippen molar-refractivity contribution in [2.45, 2.75) is 30.8 Å². The zero-order chi connectivity index (χ0) is 16.4. The fourth-order valence-electron chi connectivity index (χ4n) is 3.99. The van der Waals surface area contributed by atoms with E-state index in [1.165, 1.54) is 0 Å². The summed E-state index contributed by atoms with van der Waals surface area (Å²) >= 11 is 0. The molecule has 2 unspecified atom stereocenters. The monoisotopic (exact) mass is 314 g/mol. The number of H-pyrrole nitrogens is 1. The molecule has 23 heavy (non-hydrogen) atoms. The molecule has 118 valence electrons. The topological polar surface area (TPSA) is 111 Å². The Morgan fingerprint density at radius 1 is 1.26 bits per heavy atom. The maximum absolute atomic E-state index is 12.2. The number of para-hydroxylation sites is 1. The van der Waals surface area contributed by atoms with Crippen LogP contribution in [0.15, 0.2) is 24.3 Å². The van der Waals surface area contributed by atoms with E-state index in [9.17, 15) is 24.6 Å². The van der Waals surface area contributed by atoms with Gasteiger partial charge in [-0.15, -0.1) is 0 Å². The maximum Gasteiger partial charge on any atom is 0.335 e. The van der Waals surface area contributed by atoms with Crippen molar-refractivity contribution in [3.05, 3.63) is 35.5 Å². The molecule has 0 spiro atoms. The molecule has 0 radical (unpaired) electrons. The third-order valence-corrected chi connectivity index (χ3v) is 4.96. The van der Waals surface area contributed by atoms with E-state index in [4.69, 9.17) is 0 Å². The SMILES string of the molecule is O=C(O)C1Cc2c([nH]c3ccccc23)C2(C(=O)O)CCC(=O)N12. The third-order valence-electron chi connectivity index (χ3n) is 4.96. The summed E-state index contributed by atoms with van der Waals surface area (Å²) in [4.78, 5) is 40.2. The molecule has 0 saturated carbocycles. The highest BCUT2D eigenvalue weighted by atomic mass is 16.4. The lowest BCUT2D eigenvalue weighted by Gasteiger charge is -2.42. The Bertz CT molecular complexity index is 870. The number of nitrogens with one attached hydrogen (secondary N) is 1. The Morgan fingerprint density at radius 2 is 2.00 bits per heavy atom. The number of benzene rings is 1. The zero-order valence-corrected chi connectivity index (χ0v) is 12.1. The van der Waals surface area contributed by atoms with Crippen LogP contribution in [0.2, 0.25) is 0 Å². The molecule has 7 nitrogen and oxygen atoms in total.